The molecule has 0 saturated heterocycles. The van der Waals surface area contributed by atoms with Gasteiger partial charge in [-0.2, -0.15) is 0 Å². The molecule has 2 unspecified atom stereocenters. The van der Waals surface area contributed by atoms with Gasteiger partial charge in [0.2, 0.25) is 0 Å². The molecular formula is C26H26Zr. The van der Waals surface area contributed by atoms with E-state index in [2.05, 4.69) is 60.8 Å². The summed E-state index contributed by atoms with van der Waals surface area (Å²) < 4.78 is 3.38. The van der Waals surface area contributed by atoms with Gasteiger partial charge < -0.3 is 0 Å². The van der Waals surface area contributed by atoms with Gasteiger partial charge in [0, 0.05) is 0 Å². The van der Waals surface area contributed by atoms with Gasteiger partial charge in [-0.05, 0) is 0 Å². The van der Waals surface area contributed by atoms with Gasteiger partial charge in [0.1, 0.15) is 0 Å². The molecule has 2 fully saturated rings. The van der Waals surface area contributed by atoms with Crippen molar-refractivity contribution in [2.45, 2.75) is 51.4 Å². The second kappa shape index (κ2) is 6.15. The number of rotatable bonds is 2. The Bertz CT molecular complexity index is 880. The topological polar surface area (TPSA) is 0 Å². The van der Waals surface area contributed by atoms with E-state index in [0.29, 0.717) is 10.8 Å². The van der Waals surface area contributed by atoms with Crippen LogP contribution in [0.3, 0.4) is 0 Å². The van der Waals surface area contributed by atoms with Crippen LogP contribution in [0.4, 0.5) is 0 Å². The predicted molar refractivity (Wildman–Crippen MR) is 109 cm³/mol. The molecule has 0 aromatic rings. The van der Waals surface area contributed by atoms with Gasteiger partial charge in [0.25, 0.3) is 0 Å². The average molecular weight is 430 g/mol. The third-order valence-electron chi connectivity index (χ3n) is 7.76. The molecular weight excluding hydrogens is 404 g/mol. The normalized spacial score (nSPS) is 35.6. The molecule has 6 aliphatic rings. The maximum absolute atomic E-state index is 2.64. The molecule has 0 N–H and O–H groups in total. The first-order chi connectivity index (χ1) is 13.3. The Morgan fingerprint density at radius 1 is 0.667 bits per heavy atom. The molecule has 27 heavy (non-hydrogen) atoms. The third kappa shape index (κ3) is 2.43. The van der Waals surface area contributed by atoms with Crippen molar-refractivity contribution in [1.82, 2.24) is 0 Å². The van der Waals surface area contributed by atoms with Crippen molar-refractivity contribution in [3.8, 4) is 0 Å². The van der Waals surface area contributed by atoms with Crippen LogP contribution in [-0.4, -0.2) is 0 Å². The Morgan fingerprint density at radius 3 is 1.70 bits per heavy atom. The van der Waals surface area contributed by atoms with E-state index in [0.717, 1.165) is 0 Å². The summed E-state index contributed by atoms with van der Waals surface area (Å²) in [4.78, 5) is 0. The molecule has 2 spiro atoms. The zero-order valence-corrected chi connectivity index (χ0v) is 18.4. The summed E-state index contributed by atoms with van der Waals surface area (Å²) in [7, 11) is 0. The second-order valence-corrected chi connectivity index (χ2v) is 12.5. The zero-order chi connectivity index (χ0) is 17.9. The molecule has 0 aromatic heterocycles. The Hall–Kier alpha value is -1.20. The molecule has 0 aliphatic heterocycles. The first kappa shape index (κ1) is 16.7. The average Bonchev–Trinajstić information content (AvgIpc) is 3.28. The van der Waals surface area contributed by atoms with Crippen molar-refractivity contribution in [3.63, 3.8) is 0 Å². The molecule has 6 aliphatic carbocycles. The van der Waals surface area contributed by atoms with Gasteiger partial charge in [-0.15, -0.1) is 0 Å². The van der Waals surface area contributed by atoms with Crippen LogP contribution in [0.15, 0.2) is 89.6 Å². The first-order valence-electron chi connectivity index (χ1n) is 10.7. The van der Waals surface area contributed by atoms with Crippen LogP contribution in [-0.2, 0) is 23.2 Å². The van der Waals surface area contributed by atoms with Crippen molar-refractivity contribution in [1.29, 1.82) is 0 Å². The zero-order valence-electron chi connectivity index (χ0n) is 15.9. The van der Waals surface area contributed by atoms with E-state index >= 15 is 0 Å². The Balaban J connectivity index is 1.36. The molecule has 0 bridgehead atoms. The molecule has 0 radical (unpaired) electrons. The first-order valence-corrected chi connectivity index (χ1v) is 13.1. The van der Waals surface area contributed by atoms with Crippen molar-refractivity contribution in [2.24, 2.45) is 10.8 Å². The summed E-state index contributed by atoms with van der Waals surface area (Å²) in [6.07, 6.45) is 35.2. The number of allylic oxidation sites excluding steroid dienone is 16. The molecule has 0 amide bonds. The molecule has 1 heteroatoms. The van der Waals surface area contributed by atoms with Crippen LogP contribution in [0.2, 0.25) is 0 Å². The van der Waals surface area contributed by atoms with E-state index in [-0.39, 0.29) is 0 Å². The quantitative estimate of drug-likeness (QED) is 0.451. The van der Waals surface area contributed by atoms with Gasteiger partial charge in [0.15, 0.2) is 0 Å². The summed E-state index contributed by atoms with van der Waals surface area (Å²) in [5.41, 5.74) is 7.50. The van der Waals surface area contributed by atoms with Crippen molar-refractivity contribution < 1.29 is 23.2 Å². The summed E-state index contributed by atoms with van der Waals surface area (Å²) in [5.74, 6) is 0. The van der Waals surface area contributed by atoms with Gasteiger partial charge >= 0.3 is 175 Å². The minimum absolute atomic E-state index is 0.383. The predicted octanol–water partition coefficient (Wildman–Crippen LogP) is 6.83. The van der Waals surface area contributed by atoms with E-state index in [1.54, 1.807) is 28.9 Å². The third-order valence-corrected chi connectivity index (χ3v) is 10.6. The summed E-state index contributed by atoms with van der Waals surface area (Å²) in [6, 6.07) is 0. The molecule has 6 rings (SSSR count). The fourth-order valence-corrected chi connectivity index (χ4v) is 9.57. The fraction of sp³-hybridized carbons (Fsp3) is 0.385. The Morgan fingerprint density at radius 2 is 1.19 bits per heavy atom. The van der Waals surface area contributed by atoms with E-state index < -0.39 is 23.2 Å². The summed E-state index contributed by atoms with van der Waals surface area (Å²) in [6.45, 7) is 0. The van der Waals surface area contributed by atoms with Gasteiger partial charge in [-0.25, -0.2) is 0 Å². The van der Waals surface area contributed by atoms with E-state index in [4.69, 9.17) is 0 Å². The standard InChI is InChI=1S/2C13H13.Zr/c2*1-2-9-13-10-4-8-12(13)7-3-6-11(13)5-1;/h2*1-2,5-7H,4,8-10H2;. The molecule has 2 saturated carbocycles. The van der Waals surface area contributed by atoms with E-state index in [1.807, 2.05) is 0 Å². The Kier molecular flexibility index (Phi) is 3.81. The fourth-order valence-electron chi connectivity index (χ4n) is 6.42. The summed E-state index contributed by atoms with van der Waals surface area (Å²) >= 11 is -0.750. The van der Waals surface area contributed by atoms with E-state index in [9.17, 15) is 0 Å². The van der Waals surface area contributed by atoms with Crippen LogP contribution in [0, 0.1) is 10.8 Å². The molecule has 0 aromatic carbocycles. The van der Waals surface area contributed by atoms with Gasteiger partial charge in [0.05, 0.1) is 0 Å². The van der Waals surface area contributed by atoms with Crippen LogP contribution in [0.1, 0.15) is 51.4 Å². The van der Waals surface area contributed by atoms with Crippen LogP contribution in [0.25, 0.3) is 0 Å². The van der Waals surface area contributed by atoms with Crippen molar-refractivity contribution >= 4 is 0 Å². The summed E-state index contributed by atoms with van der Waals surface area (Å²) in [5, 5.41) is 0. The SMILES string of the molecule is C1=CCC23CCCC2=C[C]([Zr][C]2=CC4=CC=CCC45CCCC5=C2)=CC3=C1. The van der Waals surface area contributed by atoms with Gasteiger partial charge in [-0.3, -0.25) is 0 Å². The monoisotopic (exact) mass is 428 g/mol. The van der Waals surface area contributed by atoms with Crippen LogP contribution < -0.4 is 0 Å². The minimum atomic E-state index is -0.750. The Labute approximate surface area is 174 Å². The van der Waals surface area contributed by atoms with Crippen LogP contribution in [0.5, 0.6) is 0 Å². The number of hydrogen-bond donors (Lipinski definition) is 0. The molecule has 0 nitrogen and oxygen atoms in total. The molecule has 134 valence electrons. The number of hydrogen-bond acceptors (Lipinski definition) is 0. The van der Waals surface area contributed by atoms with Crippen molar-refractivity contribution in [3.05, 3.63) is 89.6 Å². The van der Waals surface area contributed by atoms with Gasteiger partial charge in [-0.1, -0.05) is 0 Å². The van der Waals surface area contributed by atoms with Crippen LogP contribution >= 0.6 is 0 Å². The molecule has 2 atom stereocenters. The second-order valence-electron chi connectivity index (χ2n) is 9.04. The van der Waals surface area contributed by atoms with E-state index in [1.165, 1.54) is 51.4 Å². The maximum atomic E-state index is 2.64. The molecule has 0 heterocycles. The van der Waals surface area contributed by atoms with Crippen molar-refractivity contribution in [2.75, 3.05) is 0 Å².